The molecule has 0 amide bonds. The van der Waals surface area contributed by atoms with Gasteiger partial charge in [0.25, 0.3) is 0 Å². The lowest BCUT2D eigenvalue weighted by Crippen LogP contribution is -2.44. The highest BCUT2D eigenvalue weighted by molar-refractivity contribution is 7.99. The highest BCUT2D eigenvalue weighted by atomic mass is 32.2. The Morgan fingerprint density at radius 1 is 1.00 bits per heavy atom. The number of thioether (sulfide) groups is 1. The van der Waals surface area contributed by atoms with E-state index in [2.05, 4.69) is 18.7 Å². The molecule has 1 aliphatic heterocycles. The first-order chi connectivity index (χ1) is 11.4. The summed E-state index contributed by atoms with van der Waals surface area (Å²) in [7, 11) is 6.62. The largest absolute Gasteiger partial charge is 0.182 e. The Labute approximate surface area is 166 Å². The van der Waals surface area contributed by atoms with Crippen molar-refractivity contribution in [2.75, 3.05) is 11.5 Å². The fourth-order valence-corrected chi connectivity index (χ4v) is 7.76. The van der Waals surface area contributed by atoms with Crippen molar-refractivity contribution in [1.82, 2.24) is 0 Å². The summed E-state index contributed by atoms with van der Waals surface area (Å²) in [6.45, 7) is 2.33. The maximum Gasteiger partial charge on any atom is 0.0893 e. The molecule has 2 radical (unpaired) electrons. The molecule has 4 heteroatoms. The molecule has 24 heavy (non-hydrogen) atoms. The fourth-order valence-electron chi connectivity index (χ4n) is 5.69. The quantitative estimate of drug-likeness (QED) is 0.436. The van der Waals surface area contributed by atoms with Crippen LogP contribution in [0.1, 0.15) is 77.6 Å². The number of hydrogen-bond acceptors (Lipinski definition) is 3. The number of thiol groups is 2. The first-order valence-electron chi connectivity index (χ1n) is 10.2. The van der Waals surface area contributed by atoms with E-state index in [0.29, 0.717) is 5.92 Å². The molecule has 0 bridgehead atoms. The summed E-state index contributed by atoms with van der Waals surface area (Å²) in [5.74, 6) is 5.95. The predicted molar refractivity (Wildman–Crippen MR) is 117 cm³/mol. The van der Waals surface area contributed by atoms with Gasteiger partial charge in [-0.3, -0.25) is 0 Å². The second-order valence-corrected chi connectivity index (χ2v) is 12.2. The van der Waals surface area contributed by atoms with Crippen molar-refractivity contribution >= 4 is 44.9 Å². The molecule has 0 aromatic rings. The minimum Gasteiger partial charge on any atom is -0.182 e. The van der Waals surface area contributed by atoms with E-state index in [1.54, 1.807) is 0 Å². The molecule has 4 unspecified atom stereocenters. The van der Waals surface area contributed by atoms with Crippen molar-refractivity contribution in [2.45, 2.75) is 86.9 Å². The average molecular weight is 383 g/mol. The standard InChI is InChI=1S/C20H35BS3/c1-19(22)9-2-5-15(6-3-10-19)13-16-14-24-12-8-18-17(16)7-4-11-20(18,21)23/h15-18,22-23H,2-14H2,1H3. The van der Waals surface area contributed by atoms with Gasteiger partial charge < -0.3 is 0 Å². The zero-order chi connectivity index (χ0) is 17.2. The highest BCUT2D eigenvalue weighted by Gasteiger charge is 2.43. The van der Waals surface area contributed by atoms with Crippen molar-refractivity contribution < 1.29 is 0 Å². The van der Waals surface area contributed by atoms with Gasteiger partial charge >= 0.3 is 0 Å². The van der Waals surface area contributed by atoms with Gasteiger partial charge in [-0.15, -0.1) is 0 Å². The lowest BCUT2D eigenvalue weighted by molar-refractivity contribution is 0.140. The molecule has 0 aromatic carbocycles. The Hall–Kier alpha value is 1.11. The second kappa shape index (κ2) is 8.42. The Morgan fingerprint density at radius 2 is 1.67 bits per heavy atom. The van der Waals surface area contributed by atoms with Crippen molar-refractivity contribution in [2.24, 2.45) is 23.7 Å². The maximum absolute atomic E-state index is 6.62. The zero-order valence-electron chi connectivity index (χ0n) is 15.4. The van der Waals surface area contributed by atoms with E-state index >= 15 is 0 Å². The fraction of sp³-hybridized carbons (Fsp3) is 1.00. The second-order valence-electron chi connectivity index (χ2n) is 9.16. The van der Waals surface area contributed by atoms with Crippen molar-refractivity contribution in [3.8, 4) is 0 Å². The van der Waals surface area contributed by atoms with Gasteiger partial charge in [0.1, 0.15) is 0 Å². The van der Waals surface area contributed by atoms with E-state index in [1.165, 1.54) is 75.7 Å². The predicted octanol–water partition coefficient (Wildman–Crippen LogP) is 6.00. The molecule has 3 fully saturated rings. The number of rotatable bonds is 2. The first-order valence-corrected chi connectivity index (χ1v) is 12.2. The summed E-state index contributed by atoms with van der Waals surface area (Å²) in [6, 6.07) is 0. The van der Waals surface area contributed by atoms with Gasteiger partial charge in [0, 0.05) is 4.75 Å². The minimum atomic E-state index is -0.207. The summed E-state index contributed by atoms with van der Waals surface area (Å²) < 4.78 is 0.0730. The number of fused-ring (bicyclic) bond motifs is 1. The molecule has 0 spiro atoms. The monoisotopic (exact) mass is 382 g/mol. The van der Waals surface area contributed by atoms with E-state index in [4.69, 9.17) is 33.1 Å². The first kappa shape index (κ1) is 19.9. The van der Waals surface area contributed by atoms with Crippen LogP contribution in [0.25, 0.3) is 0 Å². The van der Waals surface area contributed by atoms with Crippen molar-refractivity contribution in [1.29, 1.82) is 0 Å². The minimum absolute atomic E-state index is 0.207. The molecule has 1 saturated heterocycles. The van der Waals surface area contributed by atoms with Crippen LogP contribution in [0.2, 0.25) is 0 Å². The van der Waals surface area contributed by atoms with E-state index < -0.39 is 0 Å². The molecule has 0 nitrogen and oxygen atoms in total. The smallest absolute Gasteiger partial charge is 0.0893 e. The molecule has 0 N–H and O–H groups in total. The Kier molecular flexibility index (Phi) is 6.97. The van der Waals surface area contributed by atoms with Crippen LogP contribution >= 0.6 is 37.0 Å². The van der Waals surface area contributed by atoms with E-state index in [0.717, 1.165) is 24.2 Å². The van der Waals surface area contributed by atoms with Crippen LogP contribution in [-0.2, 0) is 0 Å². The van der Waals surface area contributed by atoms with Crippen LogP contribution in [-0.4, -0.2) is 28.7 Å². The van der Waals surface area contributed by atoms with Crippen LogP contribution in [0.15, 0.2) is 0 Å². The van der Waals surface area contributed by atoms with Crippen LogP contribution in [0.5, 0.6) is 0 Å². The summed E-state index contributed by atoms with van der Waals surface area (Å²) in [5, 5.41) is 0. The Bertz CT molecular complexity index is 398. The summed E-state index contributed by atoms with van der Waals surface area (Å²) in [5.41, 5.74) is 0. The van der Waals surface area contributed by atoms with Crippen molar-refractivity contribution in [3.05, 3.63) is 0 Å². The summed E-state index contributed by atoms with van der Waals surface area (Å²) in [6.07, 6.45) is 14.7. The average Bonchev–Trinajstić information content (AvgIpc) is 2.68. The Balaban J connectivity index is 1.62. The molecular weight excluding hydrogens is 347 g/mol. The maximum atomic E-state index is 6.62. The van der Waals surface area contributed by atoms with Gasteiger partial charge in [0.2, 0.25) is 0 Å². The van der Waals surface area contributed by atoms with Gasteiger partial charge in [-0.25, -0.2) is 0 Å². The van der Waals surface area contributed by atoms with Gasteiger partial charge in [0.05, 0.1) is 7.85 Å². The Morgan fingerprint density at radius 3 is 2.38 bits per heavy atom. The van der Waals surface area contributed by atoms with E-state index in [-0.39, 0.29) is 9.39 Å². The number of hydrogen-bond donors (Lipinski definition) is 2. The zero-order valence-corrected chi connectivity index (χ0v) is 18.0. The van der Waals surface area contributed by atoms with Crippen LogP contribution in [0.4, 0.5) is 0 Å². The van der Waals surface area contributed by atoms with E-state index in [9.17, 15) is 0 Å². The third kappa shape index (κ3) is 5.09. The van der Waals surface area contributed by atoms with Gasteiger partial charge in [-0.1, -0.05) is 39.0 Å². The van der Waals surface area contributed by atoms with Gasteiger partial charge in [-0.05, 0) is 78.3 Å². The topological polar surface area (TPSA) is 0 Å². The van der Waals surface area contributed by atoms with Crippen molar-refractivity contribution in [3.63, 3.8) is 0 Å². The molecule has 1 heterocycles. The molecule has 4 atom stereocenters. The molecule has 0 aromatic heterocycles. The van der Waals surface area contributed by atoms with Crippen LogP contribution in [0.3, 0.4) is 0 Å². The normalized spacial score (nSPS) is 48.0. The molecule has 3 aliphatic rings. The molecular formula is C20H35BS3. The summed E-state index contributed by atoms with van der Waals surface area (Å²) >= 11 is 12.0. The van der Waals surface area contributed by atoms with Crippen LogP contribution in [0, 0.1) is 23.7 Å². The SMILES string of the molecule is [B]C1(S)CCCC2C(CC3CCCC(C)(S)CCC3)CSCCC21. The molecule has 2 saturated carbocycles. The van der Waals surface area contributed by atoms with Crippen LogP contribution < -0.4 is 0 Å². The van der Waals surface area contributed by atoms with Gasteiger partial charge in [-0.2, -0.15) is 37.0 Å². The lowest BCUT2D eigenvalue weighted by atomic mass is 9.58. The third-order valence-corrected chi connectivity index (χ3v) is 9.27. The third-order valence-electron chi connectivity index (χ3n) is 7.08. The molecule has 136 valence electrons. The highest BCUT2D eigenvalue weighted by Crippen LogP contribution is 2.50. The van der Waals surface area contributed by atoms with Gasteiger partial charge in [0.15, 0.2) is 0 Å². The van der Waals surface area contributed by atoms with E-state index in [1.807, 2.05) is 0 Å². The molecule has 2 aliphatic carbocycles. The summed E-state index contributed by atoms with van der Waals surface area (Å²) in [4.78, 5) is 0. The molecule has 3 rings (SSSR count). The lowest BCUT2D eigenvalue weighted by Gasteiger charge is -2.46.